The van der Waals surface area contributed by atoms with Crippen molar-refractivity contribution in [1.82, 2.24) is 9.88 Å². The lowest BCUT2D eigenvalue weighted by Crippen LogP contribution is -2.34. The van der Waals surface area contributed by atoms with Crippen molar-refractivity contribution >= 4 is 33.7 Å². The number of nitrogens with zero attached hydrogens (tertiary/aromatic N) is 1. The Morgan fingerprint density at radius 3 is 2.03 bits per heavy atom. The highest BCUT2D eigenvalue weighted by molar-refractivity contribution is 5.94. The van der Waals surface area contributed by atoms with Crippen LogP contribution in [0.4, 0.5) is 0 Å². The number of carboxylic acids is 1. The van der Waals surface area contributed by atoms with Crippen LogP contribution in [0.25, 0.3) is 21.8 Å². The van der Waals surface area contributed by atoms with Gasteiger partial charge in [0.05, 0.1) is 17.0 Å². The van der Waals surface area contributed by atoms with Crippen LogP contribution in [0, 0.1) is 11.8 Å². The van der Waals surface area contributed by atoms with Gasteiger partial charge in [0.2, 0.25) is 5.91 Å². The highest BCUT2D eigenvalue weighted by atomic mass is 16.4. The van der Waals surface area contributed by atoms with Crippen molar-refractivity contribution in [3.05, 3.63) is 58.8 Å². The van der Waals surface area contributed by atoms with Crippen LogP contribution in [0.1, 0.15) is 25.7 Å². The third kappa shape index (κ3) is 3.88. The van der Waals surface area contributed by atoms with Gasteiger partial charge in [-0.3, -0.25) is 14.4 Å². The van der Waals surface area contributed by atoms with E-state index >= 15 is 0 Å². The number of amides is 1. The average Bonchev–Trinajstić information content (AvgIpc) is 2.75. The second-order valence-electron chi connectivity index (χ2n) is 7.81. The molecule has 29 heavy (non-hydrogen) atoms. The summed E-state index contributed by atoms with van der Waals surface area (Å²) in [5, 5.41) is 13.3. The van der Waals surface area contributed by atoms with Gasteiger partial charge in [-0.2, -0.15) is 0 Å². The summed E-state index contributed by atoms with van der Waals surface area (Å²) in [6, 6.07) is 14.7. The van der Waals surface area contributed by atoms with E-state index in [0.29, 0.717) is 36.1 Å². The number of carboxylic acid groups (broad SMARTS) is 1. The van der Waals surface area contributed by atoms with E-state index in [4.69, 9.17) is 5.11 Å². The second kappa shape index (κ2) is 8.07. The molecule has 1 aliphatic rings. The first kappa shape index (κ1) is 19.2. The van der Waals surface area contributed by atoms with Crippen LogP contribution >= 0.6 is 0 Å². The van der Waals surface area contributed by atoms with Crippen LogP contribution in [0.3, 0.4) is 0 Å². The van der Waals surface area contributed by atoms with Gasteiger partial charge >= 0.3 is 5.97 Å². The third-order valence-electron chi connectivity index (χ3n) is 5.96. The Labute approximate surface area is 168 Å². The Balaban J connectivity index is 1.52. The van der Waals surface area contributed by atoms with E-state index in [9.17, 15) is 14.4 Å². The normalized spacial score (nSPS) is 19.3. The molecule has 0 saturated heterocycles. The summed E-state index contributed by atoms with van der Waals surface area (Å²) < 4.78 is 1.89. The van der Waals surface area contributed by atoms with Gasteiger partial charge in [-0.25, -0.2) is 0 Å². The summed E-state index contributed by atoms with van der Waals surface area (Å²) in [7, 11) is 0. The number of aliphatic carboxylic acids is 1. The predicted molar refractivity (Wildman–Crippen MR) is 112 cm³/mol. The van der Waals surface area contributed by atoms with Crippen LogP contribution < -0.4 is 10.7 Å². The molecular weight excluding hydrogens is 368 g/mol. The van der Waals surface area contributed by atoms with Crippen molar-refractivity contribution in [2.24, 2.45) is 11.8 Å². The average molecular weight is 392 g/mol. The number of rotatable bonds is 5. The molecule has 1 saturated carbocycles. The van der Waals surface area contributed by atoms with Gasteiger partial charge in [-0.1, -0.05) is 24.3 Å². The van der Waals surface area contributed by atoms with E-state index < -0.39 is 5.97 Å². The van der Waals surface area contributed by atoms with Gasteiger partial charge in [0.25, 0.3) is 0 Å². The molecule has 0 aliphatic heterocycles. The lowest BCUT2D eigenvalue weighted by molar-refractivity contribution is -0.143. The number of benzene rings is 2. The van der Waals surface area contributed by atoms with Crippen LogP contribution in [0.5, 0.6) is 0 Å². The Bertz CT molecular complexity index is 1070. The summed E-state index contributed by atoms with van der Waals surface area (Å²) >= 11 is 0. The fraction of sp³-hybridized carbons (Fsp3) is 0.348. The van der Waals surface area contributed by atoms with Crippen molar-refractivity contribution in [2.45, 2.75) is 32.2 Å². The fourth-order valence-electron chi connectivity index (χ4n) is 4.32. The molecule has 1 aliphatic carbocycles. The Morgan fingerprint density at radius 2 is 1.48 bits per heavy atom. The molecular formula is C23H24N2O4. The van der Waals surface area contributed by atoms with E-state index in [-0.39, 0.29) is 23.8 Å². The first-order chi connectivity index (χ1) is 14.0. The monoisotopic (exact) mass is 392 g/mol. The minimum absolute atomic E-state index is 0.0250. The number of pyridine rings is 1. The Hall–Kier alpha value is -3.15. The molecule has 4 rings (SSSR count). The number of carbonyl (C=O) groups excluding carboxylic acids is 1. The molecule has 0 unspecified atom stereocenters. The lowest BCUT2D eigenvalue weighted by atomic mass is 9.82. The van der Waals surface area contributed by atoms with Crippen LogP contribution in [0.2, 0.25) is 0 Å². The molecule has 1 aromatic heterocycles. The zero-order valence-electron chi connectivity index (χ0n) is 16.1. The van der Waals surface area contributed by atoms with E-state index in [1.807, 2.05) is 41.0 Å². The molecule has 6 heteroatoms. The highest BCUT2D eigenvalue weighted by Crippen LogP contribution is 2.28. The summed E-state index contributed by atoms with van der Waals surface area (Å²) in [5.41, 5.74) is 1.46. The van der Waals surface area contributed by atoms with Crippen LogP contribution in [-0.2, 0) is 16.1 Å². The van der Waals surface area contributed by atoms with E-state index in [0.717, 1.165) is 23.9 Å². The molecule has 0 atom stereocenters. The largest absolute Gasteiger partial charge is 0.481 e. The molecule has 0 spiro atoms. The molecule has 2 N–H and O–H groups in total. The standard InChI is InChI=1S/C23H24N2O4/c26-21(24-13-15-9-11-16(12-10-15)23(28)29)14-25-19-7-3-1-5-17(19)22(27)18-6-2-4-8-20(18)25/h1-8,15-16H,9-14H2,(H,24,26)(H,28,29). The van der Waals surface area contributed by atoms with Gasteiger partial charge in [0.1, 0.15) is 6.54 Å². The number of nitrogens with one attached hydrogen (secondary N) is 1. The smallest absolute Gasteiger partial charge is 0.306 e. The molecule has 2 aromatic carbocycles. The van der Waals surface area contributed by atoms with Gasteiger partial charge in [0, 0.05) is 17.3 Å². The molecule has 0 bridgehead atoms. The third-order valence-corrected chi connectivity index (χ3v) is 5.96. The van der Waals surface area contributed by atoms with E-state index in [1.54, 1.807) is 12.1 Å². The molecule has 150 valence electrons. The zero-order valence-corrected chi connectivity index (χ0v) is 16.1. The zero-order chi connectivity index (χ0) is 20.4. The Morgan fingerprint density at radius 1 is 0.931 bits per heavy atom. The maximum atomic E-state index is 12.8. The minimum atomic E-state index is -0.718. The van der Waals surface area contributed by atoms with Crippen molar-refractivity contribution in [2.75, 3.05) is 6.54 Å². The highest BCUT2D eigenvalue weighted by Gasteiger charge is 2.26. The summed E-state index contributed by atoms with van der Waals surface area (Å²) in [6.07, 6.45) is 2.98. The number of carbonyl (C=O) groups is 2. The molecule has 1 amide bonds. The maximum absolute atomic E-state index is 12.8. The minimum Gasteiger partial charge on any atom is -0.481 e. The summed E-state index contributed by atoms with van der Waals surface area (Å²) in [6.45, 7) is 0.688. The first-order valence-corrected chi connectivity index (χ1v) is 10.0. The first-order valence-electron chi connectivity index (χ1n) is 10.0. The summed E-state index contributed by atoms with van der Waals surface area (Å²) in [5.74, 6) is -0.758. The fourth-order valence-corrected chi connectivity index (χ4v) is 4.32. The molecule has 0 radical (unpaired) electrons. The van der Waals surface area contributed by atoms with Gasteiger partial charge in [-0.15, -0.1) is 0 Å². The number of fused-ring (bicyclic) bond motifs is 2. The predicted octanol–water partition coefficient (Wildman–Crippen LogP) is 3.16. The number of hydrogen-bond donors (Lipinski definition) is 2. The van der Waals surface area contributed by atoms with E-state index in [1.165, 1.54) is 0 Å². The quantitative estimate of drug-likeness (QED) is 0.653. The SMILES string of the molecule is O=C(Cn1c2ccccc2c(=O)c2ccccc21)NCC1CCC(C(=O)O)CC1. The number of aromatic nitrogens is 1. The van der Waals surface area contributed by atoms with Crippen molar-refractivity contribution in [3.63, 3.8) is 0 Å². The molecule has 1 heterocycles. The van der Waals surface area contributed by atoms with Gasteiger partial charge < -0.3 is 15.0 Å². The van der Waals surface area contributed by atoms with Crippen LogP contribution in [0.15, 0.2) is 53.3 Å². The number of hydrogen-bond acceptors (Lipinski definition) is 3. The molecule has 3 aromatic rings. The summed E-state index contributed by atoms with van der Waals surface area (Å²) in [4.78, 5) is 36.5. The number of para-hydroxylation sites is 2. The maximum Gasteiger partial charge on any atom is 0.306 e. The van der Waals surface area contributed by atoms with Gasteiger partial charge in [0.15, 0.2) is 5.43 Å². The lowest BCUT2D eigenvalue weighted by Gasteiger charge is -2.26. The molecule has 1 fully saturated rings. The molecule has 6 nitrogen and oxygen atoms in total. The van der Waals surface area contributed by atoms with E-state index in [2.05, 4.69) is 5.32 Å². The Kier molecular flexibility index (Phi) is 5.34. The topological polar surface area (TPSA) is 88.4 Å². The van der Waals surface area contributed by atoms with Crippen molar-refractivity contribution in [1.29, 1.82) is 0 Å². The second-order valence-corrected chi connectivity index (χ2v) is 7.81. The van der Waals surface area contributed by atoms with Crippen LogP contribution in [-0.4, -0.2) is 28.1 Å². The van der Waals surface area contributed by atoms with Crippen molar-refractivity contribution < 1.29 is 14.7 Å². The van der Waals surface area contributed by atoms with Crippen molar-refractivity contribution in [3.8, 4) is 0 Å². The van der Waals surface area contributed by atoms with Gasteiger partial charge in [-0.05, 0) is 55.9 Å².